The zero-order valence-corrected chi connectivity index (χ0v) is 60.7. The number of nitrogens with one attached hydrogen (secondary N) is 3. The highest BCUT2D eigenvalue weighted by atomic mass is 19.4. The van der Waals surface area contributed by atoms with Gasteiger partial charge in [-0.3, -0.25) is 57.5 Å². The van der Waals surface area contributed by atoms with Gasteiger partial charge in [-0.2, -0.15) is 13.2 Å². The molecule has 3 saturated carbocycles. The van der Waals surface area contributed by atoms with Crippen LogP contribution in [0.3, 0.4) is 0 Å². The number of aryl methyl sites for hydroxylation is 1. The molecule has 3 saturated heterocycles. The van der Waals surface area contributed by atoms with Crippen LogP contribution in [0.15, 0.2) is 18.2 Å². The monoisotopic (exact) mass is 1410 g/mol. The van der Waals surface area contributed by atoms with Crippen LogP contribution in [0.2, 0.25) is 0 Å². The fourth-order valence-corrected chi connectivity index (χ4v) is 15.7. The van der Waals surface area contributed by atoms with E-state index < -0.39 is 174 Å². The van der Waals surface area contributed by atoms with Crippen LogP contribution in [0.5, 0.6) is 0 Å². The van der Waals surface area contributed by atoms with E-state index in [-0.39, 0.29) is 68.9 Å². The number of likely N-dealkylation sites (tertiary alicyclic amines) is 1. The van der Waals surface area contributed by atoms with E-state index in [0.717, 1.165) is 72.1 Å². The predicted molar refractivity (Wildman–Crippen MR) is 364 cm³/mol. The molecule has 8 atom stereocenters. The normalized spacial score (nSPS) is 26.8. The van der Waals surface area contributed by atoms with Gasteiger partial charge in [0.15, 0.2) is 0 Å². The van der Waals surface area contributed by atoms with Crippen LogP contribution in [0.25, 0.3) is 0 Å². The molecule has 6 aliphatic rings. The number of rotatable bonds is 11. The fourth-order valence-electron chi connectivity index (χ4n) is 15.7. The molecule has 3 heterocycles. The van der Waals surface area contributed by atoms with Crippen LogP contribution in [0.1, 0.15) is 187 Å². The Morgan fingerprint density at radius 3 is 1.81 bits per heavy atom. The van der Waals surface area contributed by atoms with Crippen LogP contribution < -0.4 is 16.0 Å². The van der Waals surface area contributed by atoms with Crippen molar-refractivity contribution in [2.75, 3.05) is 88.6 Å². The molecule has 1 unspecified atom stereocenters. The first-order valence-electron chi connectivity index (χ1n) is 36.4. The van der Waals surface area contributed by atoms with Crippen molar-refractivity contribution in [3.8, 4) is 0 Å². The van der Waals surface area contributed by atoms with Gasteiger partial charge < -0.3 is 60.0 Å². The SMILES string of the molecule is CC[C@H](C)[C@@H]1NC(=O)[C@H](CC(C)C)N(C)C(=O)C[C@@H](C(=O)N2CCCC2)N(C)C(=O)[C@H](C2CCCCC2)N(C)C(=O)C2(CCCC2)NC(=O)C2CCCN2C(=O)[C@H](CCc2ccc(C(F)(F)F)c(F)c2)NC(=O)CN(C)C(=O)[C@H](CC2CCCCC2)N(C)C(=O)CN(C)C(=O)CN(C)C1=O. The smallest absolute Gasteiger partial charge is 0.343 e. The van der Waals surface area contributed by atoms with E-state index in [1.54, 1.807) is 11.8 Å². The molecule has 0 aromatic heterocycles. The highest BCUT2D eigenvalue weighted by Crippen LogP contribution is 2.38. The average molecular weight is 1410 g/mol. The second-order valence-electron chi connectivity index (χ2n) is 29.8. The van der Waals surface area contributed by atoms with Gasteiger partial charge in [-0.15, -0.1) is 0 Å². The van der Waals surface area contributed by atoms with Gasteiger partial charge in [0.25, 0.3) is 0 Å². The maximum atomic E-state index is 15.7. The van der Waals surface area contributed by atoms with E-state index in [4.69, 9.17) is 0 Å². The van der Waals surface area contributed by atoms with Crippen molar-refractivity contribution in [3.05, 3.63) is 35.1 Å². The van der Waals surface area contributed by atoms with Crippen LogP contribution in [-0.2, 0) is 70.1 Å². The van der Waals surface area contributed by atoms with E-state index in [9.17, 15) is 46.7 Å². The van der Waals surface area contributed by atoms with E-state index in [0.29, 0.717) is 76.6 Å². The van der Waals surface area contributed by atoms with Crippen LogP contribution >= 0.6 is 0 Å². The van der Waals surface area contributed by atoms with Crippen molar-refractivity contribution in [1.82, 2.24) is 60.0 Å². The zero-order valence-electron chi connectivity index (χ0n) is 60.7. The number of fused-ring (bicyclic) bond motifs is 1. The first-order chi connectivity index (χ1) is 47.2. The molecule has 1 aromatic carbocycles. The first kappa shape index (κ1) is 79.9. The quantitative estimate of drug-likeness (QED) is 0.231. The minimum atomic E-state index is -5.00. The van der Waals surface area contributed by atoms with Gasteiger partial charge in [0.1, 0.15) is 53.6 Å². The summed E-state index contributed by atoms with van der Waals surface area (Å²) in [6, 6.07) is -6.52. The summed E-state index contributed by atoms with van der Waals surface area (Å²) in [5, 5.41) is 8.67. The molecule has 558 valence electrons. The topological polar surface area (TPSA) is 270 Å². The summed E-state index contributed by atoms with van der Waals surface area (Å²) in [6.07, 6.45) is 5.43. The molecule has 12 amide bonds. The number of carbonyl (C=O) groups is 12. The molecule has 100 heavy (non-hydrogen) atoms. The fraction of sp³-hybridized carbons (Fsp3) is 0.750. The Bertz CT molecular complexity index is 3110. The lowest BCUT2D eigenvalue weighted by atomic mass is 9.81. The van der Waals surface area contributed by atoms with Crippen molar-refractivity contribution in [2.24, 2.45) is 23.7 Å². The lowest BCUT2D eigenvalue weighted by Gasteiger charge is -2.43. The number of benzene rings is 1. The Hall–Kier alpha value is -7.42. The van der Waals surface area contributed by atoms with Crippen LogP contribution in [0, 0.1) is 29.5 Å². The van der Waals surface area contributed by atoms with Crippen molar-refractivity contribution in [2.45, 2.75) is 236 Å². The highest BCUT2D eigenvalue weighted by Gasteiger charge is 2.52. The molecular weight excluding hydrogens is 1300 g/mol. The third-order valence-corrected chi connectivity index (χ3v) is 22.1. The molecule has 3 aliphatic heterocycles. The predicted octanol–water partition coefficient (Wildman–Crippen LogP) is 5.52. The minimum absolute atomic E-state index is 0.000731. The summed E-state index contributed by atoms with van der Waals surface area (Å²) in [5.41, 5.74) is -3.03. The van der Waals surface area contributed by atoms with Gasteiger partial charge >= 0.3 is 6.18 Å². The summed E-state index contributed by atoms with van der Waals surface area (Å²) in [7, 11) is 9.91. The molecule has 1 aromatic rings. The summed E-state index contributed by atoms with van der Waals surface area (Å²) < 4.78 is 56.2. The molecule has 3 N–H and O–H groups in total. The van der Waals surface area contributed by atoms with Crippen molar-refractivity contribution >= 4 is 70.9 Å². The number of amides is 12. The Morgan fingerprint density at radius 2 is 1.21 bits per heavy atom. The number of hydrogen-bond donors (Lipinski definition) is 3. The summed E-state index contributed by atoms with van der Waals surface area (Å²) >= 11 is 0. The van der Waals surface area contributed by atoms with E-state index in [2.05, 4.69) is 16.0 Å². The molecule has 0 radical (unpaired) electrons. The summed E-state index contributed by atoms with van der Waals surface area (Å²) in [5.74, 6) is -10.6. The first-order valence-corrected chi connectivity index (χ1v) is 36.4. The van der Waals surface area contributed by atoms with E-state index >= 15 is 28.4 Å². The van der Waals surface area contributed by atoms with Crippen molar-refractivity contribution < 1.29 is 75.1 Å². The lowest BCUT2D eigenvalue weighted by molar-refractivity contribution is -0.156. The molecule has 0 bridgehead atoms. The van der Waals surface area contributed by atoms with E-state index in [1.165, 1.54) is 73.8 Å². The Kier molecular flexibility index (Phi) is 28.3. The molecule has 28 heteroatoms. The van der Waals surface area contributed by atoms with Crippen molar-refractivity contribution in [3.63, 3.8) is 0 Å². The number of hydrogen-bond acceptors (Lipinski definition) is 12. The Morgan fingerprint density at radius 1 is 0.610 bits per heavy atom. The number of carbonyl (C=O) groups excluding carboxylic acids is 12. The number of likely N-dealkylation sites (N-methyl/N-ethyl adjacent to an activating group) is 7. The van der Waals surface area contributed by atoms with Gasteiger partial charge in [-0.1, -0.05) is 104 Å². The molecular formula is C72H110F4N12O12. The molecule has 1 spiro atoms. The average Bonchev–Trinajstić information content (AvgIpc) is 1.45. The third-order valence-electron chi connectivity index (χ3n) is 22.1. The largest absolute Gasteiger partial charge is 0.419 e. The van der Waals surface area contributed by atoms with Gasteiger partial charge in [0.2, 0.25) is 70.9 Å². The number of nitrogens with zero attached hydrogens (tertiary/aromatic N) is 9. The van der Waals surface area contributed by atoms with E-state index in [1.807, 2.05) is 20.8 Å². The molecule has 7 rings (SSSR count). The minimum Gasteiger partial charge on any atom is -0.343 e. The lowest BCUT2D eigenvalue weighted by Crippen LogP contribution is -2.65. The van der Waals surface area contributed by atoms with Gasteiger partial charge in [0, 0.05) is 69.0 Å². The summed E-state index contributed by atoms with van der Waals surface area (Å²) in [6.45, 7) is 6.32. The maximum Gasteiger partial charge on any atom is 0.419 e. The summed E-state index contributed by atoms with van der Waals surface area (Å²) in [4.78, 5) is 190. The van der Waals surface area contributed by atoms with Crippen molar-refractivity contribution in [1.29, 1.82) is 0 Å². The maximum absolute atomic E-state index is 15.7. The second-order valence-corrected chi connectivity index (χ2v) is 29.8. The standard InChI is InChI=1S/C72H110F4N12O12/c1-12-46(4)61-68(98)82(7)43-59(91)80(5)44-60(92)84(9)55(40-47-24-15-13-16-25-47)66(96)81(6)42-57(89)77-52(32-30-48-29-31-50(51(73)39-48)72(74,75)76)65(95)88-37-23-28-53(88)64(94)79-71(33-19-20-34-71)70(100)86(11)62(49-26-17-14-18-27-49)69(99)85(10)56(67(97)87-35-21-22-36-87)41-58(90)83(8)54(38-45(2)3)63(93)78-61/h29,31,39,45-47,49,52-56,61-62H,12-28,30,32-38,40-44H2,1-11H3,(H,77,89)(H,78,93)(H,79,94)/t46-,52-,53?,54-,55-,56-,61-,62-/m0/s1. The van der Waals surface area contributed by atoms with Gasteiger partial charge in [0.05, 0.1) is 31.6 Å². The van der Waals surface area contributed by atoms with Crippen LogP contribution in [0.4, 0.5) is 17.6 Å². The highest BCUT2D eigenvalue weighted by molar-refractivity contribution is 6.01. The number of alkyl halides is 3. The molecule has 24 nitrogen and oxygen atoms in total. The molecule has 3 aliphatic carbocycles. The zero-order chi connectivity index (χ0) is 73.7. The van der Waals surface area contributed by atoms with Crippen LogP contribution in [-0.4, -0.2) is 251 Å². The number of halogens is 4. The Balaban J connectivity index is 1.28. The van der Waals surface area contributed by atoms with Gasteiger partial charge in [-0.05, 0) is 118 Å². The second kappa shape index (κ2) is 35.5. The Labute approximate surface area is 587 Å². The molecule has 6 fully saturated rings. The van der Waals surface area contributed by atoms with Gasteiger partial charge in [-0.25, -0.2) is 4.39 Å². The third kappa shape index (κ3) is 19.8.